The molecule has 0 saturated carbocycles. The summed E-state index contributed by atoms with van der Waals surface area (Å²) in [6, 6.07) is 13.0. The Balaban J connectivity index is 1.75. The van der Waals surface area contributed by atoms with Gasteiger partial charge in [-0.05, 0) is 49.6 Å². The van der Waals surface area contributed by atoms with Crippen LogP contribution in [0.25, 0.3) is 16.7 Å². The molecule has 6 heteroatoms. The van der Waals surface area contributed by atoms with Gasteiger partial charge in [0, 0.05) is 12.7 Å². The van der Waals surface area contributed by atoms with Crippen molar-refractivity contribution in [1.29, 1.82) is 0 Å². The molecule has 2 atom stereocenters. The van der Waals surface area contributed by atoms with Crippen molar-refractivity contribution in [2.75, 3.05) is 7.05 Å². The van der Waals surface area contributed by atoms with Gasteiger partial charge >= 0.3 is 5.69 Å². The Bertz CT molecular complexity index is 1130. The van der Waals surface area contributed by atoms with Gasteiger partial charge in [-0.25, -0.2) is 9.18 Å². The maximum atomic E-state index is 13.2. The maximum Gasteiger partial charge on any atom is 0.334 e. The Hall–Kier alpha value is -3.15. The number of para-hydroxylation sites is 2. The van der Waals surface area contributed by atoms with Crippen molar-refractivity contribution in [2.45, 2.75) is 31.8 Å². The first-order chi connectivity index (χ1) is 13.4. The SMILES string of the molecule is C=C(C)n1c(=O)n([C@@H]2CC[C@H](c3ccc(F)cc3)N(C)C2=O)c2ccccc21. The van der Waals surface area contributed by atoms with E-state index in [4.69, 9.17) is 0 Å². The molecule has 0 unspecified atom stereocenters. The number of allylic oxidation sites excluding steroid dienone is 1. The minimum absolute atomic E-state index is 0.118. The van der Waals surface area contributed by atoms with Crippen molar-refractivity contribution in [2.24, 2.45) is 0 Å². The van der Waals surface area contributed by atoms with E-state index < -0.39 is 6.04 Å². The van der Waals surface area contributed by atoms with E-state index >= 15 is 0 Å². The molecule has 1 aliphatic heterocycles. The number of fused-ring (bicyclic) bond motifs is 1. The van der Waals surface area contributed by atoms with Gasteiger partial charge < -0.3 is 4.90 Å². The van der Waals surface area contributed by atoms with E-state index in [2.05, 4.69) is 6.58 Å². The highest BCUT2D eigenvalue weighted by Gasteiger charge is 2.36. The van der Waals surface area contributed by atoms with Crippen LogP contribution in [-0.2, 0) is 4.79 Å². The van der Waals surface area contributed by atoms with Crippen molar-refractivity contribution < 1.29 is 9.18 Å². The van der Waals surface area contributed by atoms with Gasteiger partial charge in [-0.2, -0.15) is 0 Å². The van der Waals surface area contributed by atoms with Crippen LogP contribution >= 0.6 is 0 Å². The van der Waals surface area contributed by atoms with E-state index in [0.717, 1.165) is 16.6 Å². The maximum absolute atomic E-state index is 13.2. The smallest absolute Gasteiger partial charge is 0.334 e. The molecule has 5 nitrogen and oxygen atoms in total. The zero-order valence-electron chi connectivity index (χ0n) is 15.9. The van der Waals surface area contributed by atoms with Crippen LogP contribution in [-0.4, -0.2) is 27.0 Å². The van der Waals surface area contributed by atoms with Crippen LogP contribution in [0, 0.1) is 5.82 Å². The number of carbonyl (C=O) groups excluding carboxylic acids is 1. The largest absolute Gasteiger partial charge is 0.337 e. The molecule has 4 rings (SSSR count). The van der Waals surface area contributed by atoms with Crippen LogP contribution in [0.2, 0.25) is 0 Å². The lowest BCUT2D eigenvalue weighted by Gasteiger charge is -2.37. The fraction of sp³-hybridized carbons (Fsp3) is 0.273. The number of amides is 1. The number of benzene rings is 2. The summed E-state index contributed by atoms with van der Waals surface area (Å²) in [7, 11) is 1.74. The Labute approximate surface area is 162 Å². The quantitative estimate of drug-likeness (QED) is 0.691. The van der Waals surface area contributed by atoms with Crippen LogP contribution in [0.5, 0.6) is 0 Å². The van der Waals surface area contributed by atoms with Crippen molar-refractivity contribution in [3.05, 3.63) is 77.0 Å². The molecule has 2 aromatic carbocycles. The summed E-state index contributed by atoms with van der Waals surface area (Å²) in [5.41, 5.74) is 2.73. The number of likely N-dealkylation sites (tertiary alicyclic amines) is 1. The molecule has 1 amide bonds. The predicted molar refractivity (Wildman–Crippen MR) is 107 cm³/mol. The number of likely N-dealkylation sites (N-methyl/N-ethyl adjacent to an activating group) is 1. The first-order valence-corrected chi connectivity index (χ1v) is 9.30. The van der Waals surface area contributed by atoms with Crippen LogP contribution in [0.1, 0.15) is 37.4 Å². The fourth-order valence-electron chi connectivity index (χ4n) is 4.18. The highest BCUT2D eigenvalue weighted by atomic mass is 19.1. The Kier molecular flexibility index (Phi) is 4.41. The van der Waals surface area contributed by atoms with Gasteiger partial charge in [-0.15, -0.1) is 0 Å². The van der Waals surface area contributed by atoms with Crippen molar-refractivity contribution >= 4 is 22.6 Å². The molecule has 0 spiro atoms. The van der Waals surface area contributed by atoms with Crippen LogP contribution in [0.15, 0.2) is 59.9 Å². The predicted octanol–water partition coefficient (Wildman–Crippen LogP) is 3.97. The summed E-state index contributed by atoms with van der Waals surface area (Å²) in [6.07, 6.45) is 1.23. The molecule has 1 aromatic heterocycles. The number of rotatable bonds is 3. The number of hydrogen-bond donors (Lipinski definition) is 0. The molecule has 0 radical (unpaired) electrons. The molecule has 3 aromatic rings. The number of carbonyl (C=O) groups is 1. The van der Waals surface area contributed by atoms with E-state index in [1.807, 2.05) is 24.3 Å². The average molecular weight is 379 g/mol. The molecule has 1 aliphatic rings. The Morgan fingerprint density at radius 3 is 2.25 bits per heavy atom. The molecule has 0 bridgehead atoms. The Morgan fingerprint density at radius 1 is 1.00 bits per heavy atom. The second kappa shape index (κ2) is 6.78. The average Bonchev–Trinajstić information content (AvgIpc) is 2.97. The highest BCUT2D eigenvalue weighted by Crippen LogP contribution is 2.36. The van der Waals surface area contributed by atoms with Crippen LogP contribution in [0.4, 0.5) is 4.39 Å². The number of piperidine rings is 1. The molecule has 28 heavy (non-hydrogen) atoms. The van der Waals surface area contributed by atoms with E-state index in [1.54, 1.807) is 40.1 Å². The van der Waals surface area contributed by atoms with Crippen molar-refractivity contribution in [3.8, 4) is 0 Å². The minimum atomic E-state index is -0.570. The molecule has 2 heterocycles. The second-order valence-electron chi connectivity index (χ2n) is 7.32. The topological polar surface area (TPSA) is 47.2 Å². The molecule has 0 N–H and O–H groups in total. The number of aromatic nitrogens is 2. The lowest BCUT2D eigenvalue weighted by Crippen LogP contribution is -2.44. The van der Waals surface area contributed by atoms with E-state index in [0.29, 0.717) is 18.5 Å². The fourth-order valence-corrected chi connectivity index (χ4v) is 4.18. The van der Waals surface area contributed by atoms with Gasteiger partial charge in [-0.3, -0.25) is 13.9 Å². The summed E-state index contributed by atoms with van der Waals surface area (Å²) in [4.78, 5) is 28.0. The lowest BCUT2D eigenvalue weighted by molar-refractivity contribution is -0.139. The number of imidazole rings is 1. The molecule has 1 saturated heterocycles. The summed E-state index contributed by atoms with van der Waals surface area (Å²) in [5.74, 6) is -0.419. The van der Waals surface area contributed by atoms with Gasteiger partial charge in [0.2, 0.25) is 5.91 Å². The zero-order chi connectivity index (χ0) is 20.0. The summed E-state index contributed by atoms with van der Waals surface area (Å²) in [5, 5.41) is 0. The van der Waals surface area contributed by atoms with Gasteiger partial charge in [0.25, 0.3) is 0 Å². The van der Waals surface area contributed by atoms with Gasteiger partial charge in [0.05, 0.1) is 17.1 Å². The highest BCUT2D eigenvalue weighted by molar-refractivity contribution is 5.86. The Morgan fingerprint density at radius 2 is 1.61 bits per heavy atom. The monoisotopic (exact) mass is 379 g/mol. The van der Waals surface area contributed by atoms with E-state index in [9.17, 15) is 14.0 Å². The third-order valence-electron chi connectivity index (χ3n) is 5.54. The van der Waals surface area contributed by atoms with Crippen LogP contribution in [0.3, 0.4) is 0 Å². The van der Waals surface area contributed by atoms with Crippen molar-refractivity contribution in [1.82, 2.24) is 14.0 Å². The first-order valence-electron chi connectivity index (χ1n) is 9.30. The third kappa shape index (κ3) is 2.76. The van der Waals surface area contributed by atoms with Gasteiger partial charge in [0.1, 0.15) is 11.9 Å². The van der Waals surface area contributed by atoms with Gasteiger partial charge in [-0.1, -0.05) is 30.8 Å². The summed E-state index contributed by atoms with van der Waals surface area (Å²) in [6.45, 7) is 5.69. The van der Waals surface area contributed by atoms with E-state index in [1.165, 1.54) is 12.1 Å². The molecular formula is C22H22FN3O2. The summed E-state index contributed by atoms with van der Waals surface area (Å²) >= 11 is 0. The number of hydrogen-bond acceptors (Lipinski definition) is 2. The molecule has 0 aliphatic carbocycles. The third-order valence-corrected chi connectivity index (χ3v) is 5.54. The zero-order valence-corrected chi connectivity index (χ0v) is 15.9. The normalized spacial score (nSPS) is 20.0. The first kappa shape index (κ1) is 18.2. The van der Waals surface area contributed by atoms with E-state index in [-0.39, 0.29) is 23.5 Å². The lowest BCUT2D eigenvalue weighted by atomic mass is 9.92. The van der Waals surface area contributed by atoms with Crippen LogP contribution < -0.4 is 5.69 Å². The standard InChI is InChI=1S/C22H22FN3O2/c1-14(2)25-18-6-4-5-7-19(18)26(22(25)28)20-13-12-17(24(3)21(20)27)15-8-10-16(23)11-9-15/h4-11,17,20H,1,12-13H2,2-3H3/t17-,20-/m1/s1. The molecule has 1 fully saturated rings. The van der Waals surface area contributed by atoms with Gasteiger partial charge in [0.15, 0.2) is 0 Å². The number of nitrogens with zero attached hydrogens (tertiary/aromatic N) is 3. The molecule has 144 valence electrons. The minimum Gasteiger partial charge on any atom is -0.337 e. The summed E-state index contributed by atoms with van der Waals surface area (Å²) < 4.78 is 16.4. The number of halogens is 1. The molecular weight excluding hydrogens is 357 g/mol. The van der Waals surface area contributed by atoms with Crippen molar-refractivity contribution in [3.63, 3.8) is 0 Å². The second-order valence-corrected chi connectivity index (χ2v) is 7.32.